The molecule has 0 aliphatic heterocycles. The lowest BCUT2D eigenvalue weighted by Crippen LogP contribution is -2.60. The first-order chi connectivity index (χ1) is 13.9. The summed E-state index contributed by atoms with van der Waals surface area (Å²) in [6.07, 6.45) is -8.29. The lowest BCUT2D eigenvalue weighted by Gasteiger charge is -2.33. The highest BCUT2D eigenvalue weighted by Crippen LogP contribution is 2.54. The Morgan fingerprint density at radius 1 is 0.968 bits per heavy atom. The fraction of sp³-hybridized carbons (Fsp3) is 0.778. The number of halogens is 9. The minimum Gasteiger partial charge on any atom is -0.545 e. The normalized spacial score (nSPS) is 15.0. The molecule has 0 aromatic rings. The number of carboxylic acids is 1. The summed E-state index contributed by atoms with van der Waals surface area (Å²) in [4.78, 5) is 22.6. The van der Waals surface area contributed by atoms with E-state index in [0.29, 0.717) is 12.8 Å². The summed E-state index contributed by atoms with van der Waals surface area (Å²) >= 11 is 0. The first kappa shape index (κ1) is 29.1. The number of hydrogen-bond acceptors (Lipinski definition) is 4. The van der Waals surface area contributed by atoms with E-state index < -0.39 is 54.3 Å². The molecule has 0 aliphatic rings. The predicted molar refractivity (Wildman–Crippen MR) is 87.5 cm³/mol. The molecule has 13 heteroatoms. The van der Waals surface area contributed by atoms with Crippen molar-refractivity contribution in [2.75, 3.05) is 6.61 Å². The maximum Gasteiger partial charge on any atom is 0.460 e. The molecule has 0 bridgehead atoms. The van der Waals surface area contributed by atoms with Crippen LogP contribution in [0.3, 0.4) is 0 Å². The van der Waals surface area contributed by atoms with E-state index in [0.717, 1.165) is 12.8 Å². The molecule has 1 atom stereocenters. The van der Waals surface area contributed by atoms with Gasteiger partial charge in [-0.15, -0.1) is 0 Å². The second-order valence-electron chi connectivity index (χ2n) is 6.85. The average molecular weight is 473 g/mol. The Labute approximate surface area is 172 Å². The van der Waals surface area contributed by atoms with Crippen molar-refractivity contribution in [3.05, 3.63) is 11.6 Å². The number of alkyl halides is 9. The Kier molecular flexibility index (Phi) is 10.4. The fourth-order valence-corrected chi connectivity index (χ4v) is 2.42. The predicted octanol–water partition coefficient (Wildman–Crippen LogP) is 4.67. The van der Waals surface area contributed by atoms with Gasteiger partial charge in [0, 0.05) is 12.0 Å². The van der Waals surface area contributed by atoms with Crippen LogP contribution in [0.15, 0.2) is 11.6 Å². The smallest absolute Gasteiger partial charge is 0.460 e. The van der Waals surface area contributed by atoms with E-state index in [9.17, 15) is 54.2 Å². The number of aliphatic carboxylic acids is 1. The van der Waals surface area contributed by atoms with E-state index in [1.165, 1.54) is 0 Å². The molecule has 0 N–H and O–H groups in total. The molecule has 0 fully saturated rings. The minimum atomic E-state index is -7.07. The van der Waals surface area contributed by atoms with Crippen LogP contribution in [0.1, 0.15) is 52.4 Å². The van der Waals surface area contributed by atoms with Crippen molar-refractivity contribution in [3.8, 4) is 0 Å². The van der Waals surface area contributed by atoms with Gasteiger partial charge in [-0.05, 0) is 24.8 Å². The molecule has 0 aromatic heterocycles. The van der Waals surface area contributed by atoms with E-state index in [2.05, 4.69) is 0 Å². The van der Waals surface area contributed by atoms with Gasteiger partial charge in [0.25, 0.3) is 0 Å². The SMILES string of the molecule is CCCCC(CC)COC(=O)/C(=C\C(=O)[O-])CCC(F)(F)C(F)(F)C(F)(F)C(F)(F)F. The zero-order valence-corrected chi connectivity index (χ0v) is 16.6. The van der Waals surface area contributed by atoms with Gasteiger partial charge in [0.15, 0.2) is 0 Å². The second-order valence-corrected chi connectivity index (χ2v) is 6.85. The van der Waals surface area contributed by atoms with Crippen LogP contribution in [0.5, 0.6) is 0 Å². The molecule has 4 nitrogen and oxygen atoms in total. The summed E-state index contributed by atoms with van der Waals surface area (Å²) in [6.45, 7) is 3.37. The van der Waals surface area contributed by atoms with Crippen molar-refractivity contribution in [1.82, 2.24) is 0 Å². The third kappa shape index (κ3) is 7.60. The summed E-state index contributed by atoms with van der Waals surface area (Å²) in [5.74, 6) is -23.7. The van der Waals surface area contributed by atoms with E-state index in [1.54, 1.807) is 6.92 Å². The molecule has 0 aliphatic carbocycles. The summed E-state index contributed by atoms with van der Waals surface area (Å²) < 4.78 is 121. The molecule has 31 heavy (non-hydrogen) atoms. The molecule has 0 saturated carbocycles. The maximum absolute atomic E-state index is 13.6. The summed E-state index contributed by atoms with van der Waals surface area (Å²) in [6, 6.07) is 0. The number of carboxylic acid groups (broad SMARTS) is 1. The molecule has 0 saturated heterocycles. The van der Waals surface area contributed by atoms with Gasteiger partial charge in [0.2, 0.25) is 0 Å². The first-order valence-electron chi connectivity index (χ1n) is 9.23. The van der Waals surface area contributed by atoms with E-state index in [-0.39, 0.29) is 18.6 Å². The van der Waals surface area contributed by atoms with Gasteiger partial charge < -0.3 is 14.6 Å². The molecule has 1 unspecified atom stereocenters. The molecule has 0 rings (SSSR count). The molecule has 0 aromatic carbocycles. The molecular formula is C18H22F9O4-. The lowest BCUT2D eigenvalue weighted by atomic mass is 9.97. The largest absolute Gasteiger partial charge is 0.545 e. The van der Waals surface area contributed by atoms with Gasteiger partial charge in [-0.25, -0.2) is 4.79 Å². The fourth-order valence-electron chi connectivity index (χ4n) is 2.42. The van der Waals surface area contributed by atoms with Gasteiger partial charge in [-0.2, -0.15) is 39.5 Å². The highest BCUT2D eigenvalue weighted by atomic mass is 19.4. The third-order valence-electron chi connectivity index (χ3n) is 4.47. The topological polar surface area (TPSA) is 66.4 Å². The van der Waals surface area contributed by atoms with E-state index in [1.807, 2.05) is 6.92 Å². The summed E-state index contributed by atoms with van der Waals surface area (Å²) in [7, 11) is 0. The van der Waals surface area contributed by atoms with Gasteiger partial charge >= 0.3 is 29.9 Å². The minimum absolute atomic E-state index is 0.0640. The number of rotatable bonds is 13. The van der Waals surface area contributed by atoms with Crippen LogP contribution in [0.2, 0.25) is 0 Å². The van der Waals surface area contributed by atoms with Crippen molar-refractivity contribution in [1.29, 1.82) is 0 Å². The Hall–Kier alpha value is -1.95. The van der Waals surface area contributed by atoms with Crippen molar-refractivity contribution in [2.45, 2.75) is 76.3 Å². The van der Waals surface area contributed by atoms with Crippen LogP contribution >= 0.6 is 0 Å². The monoisotopic (exact) mass is 473 g/mol. The van der Waals surface area contributed by atoms with E-state index in [4.69, 9.17) is 4.74 Å². The molecule has 0 amide bonds. The number of unbranched alkanes of at least 4 members (excludes halogenated alkanes) is 1. The van der Waals surface area contributed by atoms with Gasteiger partial charge in [0.05, 0.1) is 12.6 Å². The third-order valence-corrected chi connectivity index (χ3v) is 4.47. The maximum atomic E-state index is 13.6. The van der Waals surface area contributed by atoms with Crippen molar-refractivity contribution < 1.29 is 58.9 Å². The Bertz CT molecular complexity index is 642. The quantitative estimate of drug-likeness (QED) is 0.222. The molecule has 0 spiro atoms. The lowest BCUT2D eigenvalue weighted by molar-refractivity contribution is -0.396. The zero-order chi connectivity index (χ0) is 24.7. The van der Waals surface area contributed by atoms with Crippen LogP contribution in [0, 0.1) is 5.92 Å². The van der Waals surface area contributed by atoms with Gasteiger partial charge in [-0.3, -0.25) is 0 Å². The Morgan fingerprint density at radius 3 is 1.94 bits per heavy atom. The highest BCUT2D eigenvalue weighted by molar-refractivity contribution is 5.95. The van der Waals surface area contributed by atoms with Crippen LogP contribution in [-0.2, 0) is 14.3 Å². The standard InChI is InChI=1S/C18H23F9O4/c1-3-5-6-11(4-2)10-31-14(30)12(9-13(28)29)7-8-15(19,20)16(21,22)17(23,24)18(25,26)27/h9,11H,3-8,10H2,1-2H3,(H,28,29)/p-1/b12-9-. The van der Waals surface area contributed by atoms with Crippen molar-refractivity contribution in [3.63, 3.8) is 0 Å². The average Bonchev–Trinajstić information content (AvgIpc) is 2.63. The second kappa shape index (κ2) is 11.1. The van der Waals surface area contributed by atoms with E-state index >= 15 is 0 Å². The first-order valence-corrected chi connectivity index (χ1v) is 9.23. The van der Waals surface area contributed by atoms with Crippen LogP contribution < -0.4 is 5.11 Å². The number of esters is 1. The molecule has 0 heterocycles. The zero-order valence-electron chi connectivity index (χ0n) is 16.6. The van der Waals surface area contributed by atoms with Crippen LogP contribution in [0.25, 0.3) is 0 Å². The summed E-state index contributed by atoms with van der Waals surface area (Å²) in [5.41, 5.74) is -1.14. The Morgan fingerprint density at radius 2 is 1.52 bits per heavy atom. The number of carbonyl (C=O) groups is 2. The van der Waals surface area contributed by atoms with Gasteiger partial charge in [-0.1, -0.05) is 33.1 Å². The number of carbonyl (C=O) groups excluding carboxylic acids is 2. The summed E-state index contributed by atoms with van der Waals surface area (Å²) in [5, 5.41) is 10.7. The molecule has 182 valence electrons. The van der Waals surface area contributed by atoms with Crippen LogP contribution in [0.4, 0.5) is 39.5 Å². The molecular weight excluding hydrogens is 451 g/mol. The van der Waals surface area contributed by atoms with Gasteiger partial charge in [0.1, 0.15) is 0 Å². The van der Waals surface area contributed by atoms with Crippen molar-refractivity contribution in [2.24, 2.45) is 5.92 Å². The van der Waals surface area contributed by atoms with Crippen molar-refractivity contribution >= 4 is 11.9 Å². The Balaban J connectivity index is 5.43. The van der Waals surface area contributed by atoms with Crippen LogP contribution in [-0.4, -0.2) is 42.5 Å². The number of hydrogen-bond donors (Lipinski definition) is 0. The highest BCUT2D eigenvalue weighted by Gasteiger charge is 2.81. The number of ether oxygens (including phenoxy) is 1. The molecule has 0 radical (unpaired) electrons.